The van der Waals surface area contributed by atoms with Gasteiger partial charge in [0.1, 0.15) is 11.9 Å². The number of benzene rings is 2. The number of halogens is 1. The molecule has 2 rings (SSSR count). The van der Waals surface area contributed by atoms with Gasteiger partial charge in [0, 0.05) is 13.6 Å². The van der Waals surface area contributed by atoms with Crippen molar-refractivity contribution in [3.8, 4) is 0 Å². The Bertz CT molecular complexity index is 839. The third-order valence-electron chi connectivity index (χ3n) is 4.03. The summed E-state index contributed by atoms with van der Waals surface area (Å²) in [5, 5.41) is 0. The number of hydrogen-bond donors (Lipinski definition) is 0. The summed E-state index contributed by atoms with van der Waals surface area (Å²) >= 11 is 0. The Morgan fingerprint density at radius 2 is 1.65 bits per heavy atom. The van der Waals surface area contributed by atoms with Gasteiger partial charge in [-0.3, -0.25) is 9.10 Å². The van der Waals surface area contributed by atoms with Crippen LogP contribution in [0, 0.1) is 5.82 Å². The van der Waals surface area contributed by atoms with Crippen LogP contribution in [-0.2, 0) is 21.4 Å². The van der Waals surface area contributed by atoms with E-state index < -0.39 is 21.9 Å². The van der Waals surface area contributed by atoms with Gasteiger partial charge in [-0.15, -0.1) is 0 Å². The third kappa shape index (κ3) is 4.82. The summed E-state index contributed by atoms with van der Waals surface area (Å²) in [6.07, 6.45) is 1.34. The van der Waals surface area contributed by atoms with E-state index in [0.29, 0.717) is 13.0 Å². The van der Waals surface area contributed by atoms with Crippen LogP contribution in [0.25, 0.3) is 0 Å². The molecule has 0 saturated heterocycles. The number of rotatable bonds is 7. The summed E-state index contributed by atoms with van der Waals surface area (Å²) in [7, 11) is -2.09. The fraction of sp³-hybridized carbons (Fsp3) is 0.316. The number of anilines is 1. The molecule has 0 heterocycles. The molecule has 2 aromatic carbocycles. The minimum atomic E-state index is -3.73. The van der Waals surface area contributed by atoms with Crippen molar-refractivity contribution in [2.45, 2.75) is 25.9 Å². The van der Waals surface area contributed by atoms with Gasteiger partial charge < -0.3 is 4.90 Å². The quantitative estimate of drug-likeness (QED) is 0.744. The summed E-state index contributed by atoms with van der Waals surface area (Å²) in [6.45, 7) is 2.12. The fourth-order valence-corrected chi connectivity index (χ4v) is 4.03. The Kier molecular flexibility index (Phi) is 6.37. The average molecular weight is 378 g/mol. The van der Waals surface area contributed by atoms with Gasteiger partial charge in [-0.2, -0.15) is 0 Å². The smallest absolute Gasteiger partial charge is 0.246 e. The summed E-state index contributed by atoms with van der Waals surface area (Å²) in [6, 6.07) is 13.6. The molecule has 1 atom stereocenters. The van der Waals surface area contributed by atoms with Crippen molar-refractivity contribution in [1.29, 1.82) is 0 Å². The molecule has 1 unspecified atom stereocenters. The number of carbonyl (C=O) groups is 1. The number of hydrogen-bond acceptors (Lipinski definition) is 3. The molecule has 2 aromatic rings. The van der Waals surface area contributed by atoms with E-state index in [1.54, 1.807) is 14.0 Å². The SMILES string of the molecule is CCC(C(=O)N(C)Cc1ccccc1)N(c1ccc(F)cc1)S(C)(=O)=O. The van der Waals surface area contributed by atoms with Crippen LogP contribution >= 0.6 is 0 Å². The molecule has 0 N–H and O–H groups in total. The van der Waals surface area contributed by atoms with E-state index in [-0.39, 0.29) is 11.6 Å². The molecule has 26 heavy (non-hydrogen) atoms. The maximum Gasteiger partial charge on any atom is 0.246 e. The first-order chi connectivity index (χ1) is 12.2. The zero-order valence-electron chi connectivity index (χ0n) is 15.1. The second-order valence-electron chi connectivity index (χ2n) is 6.14. The Morgan fingerprint density at radius 3 is 2.15 bits per heavy atom. The fourth-order valence-electron chi connectivity index (χ4n) is 2.82. The van der Waals surface area contributed by atoms with Gasteiger partial charge in [0.15, 0.2) is 0 Å². The van der Waals surface area contributed by atoms with Crippen LogP contribution in [0.4, 0.5) is 10.1 Å². The molecular formula is C19H23FN2O3S. The highest BCUT2D eigenvalue weighted by Crippen LogP contribution is 2.24. The van der Waals surface area contributed by atoms with Crippen molar-refractivity contribution in [1.82, 2.24) is 4.90 Å². The predicted octanol–water partition coefficient (Wildman–Crippen LogP) is 3.03. The summed E-state index contributed by atoms with van der Waals surface area (Å²) in [5.74, 6) is -0.783. The lowest BCUT2D eigenvalue weighted by Gasteiger charge is -2.32. The summed E-state index contributed by atoms with van der Waals surface area (Å²) in [4.78, 5) is 14.5. The molecule has 0 saturated carbocycles. The Balaban J connectivity index is 2.32. The number of amides is 1. The number of sulfonamides is 1. The van der Waals surface area contributed by atoms with Gasteiger partial charge in [0.05, 0.1) is 11.9 Å². The van der Waals surface area contributed by atoms with Gasteiger partial charge in [0.2, 0.25) is 15.9 Å². The Morgan fingerprint density at radius 1 is 1.08 bits per heavy atom. The van der Waals surface area contributed by atoms with E-state index in [1.165, 1.54) is 29.2 Å². The molecule has 0 fully saturated rings. The lowest BCUT2D eigenvalue weighted by Crippen LogP contribution is -2.49. The molecular weight excluding hydrogens is 355 g/mol. The van der Waals surface area contributed by atoms with Gasteiger partial charge in [-0.1, -0.05) is 37.3 Å². The molecule has 0 bridgehead atoms. The molecule has 140 valence electrons. The second kappa shape index (κ2) is 8.31. The first kappa shape index (κ1) is 19.9. The van der Waals surface area contributed by atoms with Crippen LogP contribution < -0.4 is 4.31 Å². The van der Waals surface area contributed by atoms with Crippen LogP contribution in [0.2, 0.25) is 0 Å². The van der Waals surface area contributed by atoms with Crippen LogP contribution in [0.5, 0.6) is 0 Å². The number of likely N-dealkylation sites (N-methyl/N-ethyl adjacent to an activating group) is 1. The number of carbonyl (C=O) groups excluding carboxylic acids is 1. The Labute approximate surface area is 154 Å². The van der Waals surface area contributed by atoms with Crippen molar-refractivity contribution in [2.75, 3.05) is 17.6 Å². The minimum absolute atomic E-state index is 0.266. The largest absolute Gasteiger partial charge is 0.340 e. The predicted molar refractivity (Wildman–Crippen MR) is 101 cm³/mol. The lowest BCUT2D eigenvalue weighted by molar-refractivity contribution is -0.131. The van der Waals surface area contributed by atoms with E-state index >= 15 is 0 Å². The van der Waals surface area contributed by atoms with E-state index in [2.05, 4.69) is 0 Å². The summed E-state index contributed by atoms with van der Waals surface area (Å²) < 4.78 is 39.0. The van der Waals surface area contributed by atoms with Crippen LogP contribution in [0.15, 0.2) is 54.6 Å². The highest BCUT2D eigenvalue weighted by molar-refractivity contribution is 7.92. The van der Waals surface area contributed by atoms with E-state index in [0.717, 1.165) is 16.1 Å². The summed E-state index contributed by atoms with van der Waals surface area (Å²) in [5.41, 5.74) is 1.22. The first-order valence-electron chi connectivity index (χ1n) is 8.28. The topological polar surface area (TPSA) is 57.7 Å². The minimum Gasteiger partial charge on any atom is -0.340 e. The molecule has 5 nitrogen and oxygen atoms in total. The molecule has 0 aliphatic heterocycles. The zero-order valence-corrected chi connectivity index (χ0v) is 15.9. The van der Waals surface area contributed by atoms with Gasteiger partial charge in [0.25, 0.3) is 0 Å². The van der Waals surface area contributed by atoms with E-state index in [1.807, 2.05) is 30.3 Å². The van der Waals surface area contributed by atoms with Crippen LogP contribution in [0.1, 0.15) is 18.9 Å². The molecule has 7 heteroatoms. The number of nitrogens with zero attached hydrogens (tertiary/aromatic N) is 2. The van der Waals surface area contributed by atoms with Crippen molar-refractivity contribution >= 4 is 21.6 Å². The zero-order chi connectivity index (χ0) is 19.3. The van der Waals surface area contributed by atoms with Crippen molar-refractivity contribution in [3.63, 3.8) is 0 Å². The lowest BCUT2D eigenvalue weighted by atomic mass is 10.1. The standard InChI is InChI=1S/C19H23FN2O3S/c1-4-18(19(23)21(2)14-15-8-6-5-7-9-15)22(26(3,24)25)17-12-10-16(20)11-13-17/h5-13,18H,4,14H2,1-3H3. The van der Waals surface area contributed by atoms with Crippen molar-refractivity contribution in [3.05, 3.63) is 66.0 Å². The van der Waals surface area contributed by atoms with Gasteiger partial charge in [-0.05, 0) is 36.2 Å². The Hall–Kier alpha value is -2.41. The molecule has 0 aromatic heterocycles. The molecule has 0 aliphatic carbocycles. The van der Waals surface area contributed by atoms with E-state index in [9.17, 15) is 17.6 Å². The first-order valence-corrected chi connectivity index (χ1v) is 10.1. The molecule has 0 spiro atoms. The monoisotopic (exact) mass is 378 g/mol. The van der Waals surface area contributed by atoms with Crippen LogP contribution in [0.3, 0.4) is 0 Å². The molecule has 1 amide bonds. The highest BCUT2D eigenvalue weighted by Gasteiger charge is 2.33. The molecule has 0 aliphatic rings. The highest BCUT2D eigenvalue weighted by atomic mass is 32.2. The van der Waals surface area contributed by atoms with Gasteiger partial charge >= 0.3 is 0 Å². The maximum absolute atomic E-state index is 13.2. The van der Waals surface area contributed by atoms with E-state index in [4.69, 9.17) is 0 Å². The average Bonchev–Trinajstić information content (AvgIpc) is 2.60. The van der Waals surface area contributed by atoms with Crippen molar-refractivity contribution in [2.24, 2.45) is 0 Å². The second-order valence-corrected chi connectivity index (χ2v) is 8.00. The maximum atomic E-state index is 13.2. The third-order valence-corrected chi connectivity index (χ3v) is 5.21. The van der Waals surface area contributed by atoms with Crippen LogP contribution in [-0.4, -0.2) is 38.6 Å². The van der Waals surface area contributed by atoms with Crippen molar-refractivity contribution < 1.29 is 17.6 Å². The van der Waals surface area contributed by atoms with Gasteiger partial charge in [-0.25, -0.2) is 12.8 Å². The normalized spacial score (nSPS) is 12.5. The molecule has 0 radical (unpaired) electrons.